The fourth-order valence-corrected chi connectivity index (χ4v) is 2.24. The second kappa shape index (κ2) is 7.29. The van der Waals surface area contributed by atoms with Crippen LogP contribution in [0.3, 0.4) is 0 Å². The molecule has 2 rings (SSSR count). The molecule has 20 heavy (non-hydrogen) atoms. The zero-order valence-corrected chi connectivity index (χ0v) is 12.1. The van der Waals surface area contributed by atoms with Gasteiger partial charge in [0.1, 0.15) is 5.75 Å². The van der Waals surface area contributed by atoms with Crippen molar-refractivity contribution < 1.29 is 9.47 Å². The zero-order chi connectivity index (χ0) is 14.4. The van der Waals surface area contributed by atoms with Gasteiger partial charge in [-0.3, -0.25) is 0 Å². The van der Waals surface area contributed by atoms with Crippen molar-refractivity contribution in [1.82, 2.24) is 0 Å². The maximum Gasteiger partial charge on any atom is 0.119 e. The molecule has 0 aliphatic heterocycles. The maximum atomic E-state index is 6.17. The van der Waals surface area contributed by atoms with Crippen molar-refractivity contribution in [2.75, 3.05) is 13.7 Å². The molecule has 0 heterocycles. The Morgan fingerprint density at radius 3 is 2.65 bits per heavy atom. The van der Waals surface area contributed by atoms with Gasteiger partial charge in [-0.15, -0.1) is 0 Å². The first-order chi connectivity index (χ1) is 9.74. The first-order valence-electron chi connectivity index (χ1n) is 6.43. The molecule has 0 aromatic heterocycles. The minimum atomic E-state index is -0.213. The van der Waals surface area contributed by atoms with Crippen LogP contribution < -0.4 is 10.5 Å². The van der Waals surface area contributed by atoms with E-state index >= 15 is 0 Å². The molecule has 106 valence electrons. The topological polar surface area (TPSA) is 44.5 Å². The fourth-order valence-electron chi connectivity index (χ4n) is 1.98. The first kappa shape index (κ1) is 14.9. The summed E-state index contributed by atoms with van der Waals surface area (Å²) in [6, 6.07) is 15.4. The third-order valence-corrected chi connectivity index (χ3v) is 3.40. The normalized spacial score (nSPS) is 12.2. The van der Waals surface area contributed by atoms with E-state index in [4.69, 9.17) is 26.8 Å². The molecular weight excluding hydrogens is 274 g/mol. The summed E-state index contributed by atoms with van der Waals surface area (Å²) in [4.78, 5) is 0. The number of hydrogen-bond acceptors (Lipinski definition) is 3. The predicted octanol–water partition coefficient (Wildman–Crippen LogP) is 3.57. The van der Waals surface area contributed by atoms with Crippen LogP contribution in [0.2, 0.25) is 5.02 Å². The van der Waals surface area contributed by atoms with Crippen molar-refractivity contribution >= 4 is 11.6 Å². The van der Waals surface area contributed by atoms with Gasteiger partial charge in [0, 0.05) is 17.1 Å². The summed E-state index contributed by atoms with van der Waals surface area (Å²) >= 11 is 6.17. The van der Waals surface area contributed by atoms with Crippen LogP contribution in [0, 0.1) is 0 Å². The lowest BCUT2D eigenvalue weighted by molar-refractivity contribution is 0.0456. The molecule has 0 radical (unpaired) electrons. The molecule has 2 aromatic carbocycles. The highest BCUT2D eigenvalue weighted by atomic mass is 35.5. The third kappa shape index (κ3) is 3.73. The van der Waals surface area contributed by atoms with Crippen molar-refractivity contribution in [3.05, 3.63) is 64.7 Å². The van der Waals surface area contributed by atoms with Crippen molar-refractivity contribution in [3.63, 3.8) is 0 Å². The summed E-state index contributed by atoms with van der Waals surface area (Å²) in [7, 11) is 1.65. The van der Waals surface area contributed by atoms with Crippen LogP contribution in [-0.4, -0.2) is 13.7 Å². The molecule has 0 spiro atoms. The van der Waals surface area contributed by atoms with Gasteiger partial charge in [0.15, 0.2) is 0 Å². The lowest BCUT2D eigenvalue weighted by Crippen LogP contribution is -2.16. The third-order valence-electron chi connectivity index (χ3n) is 3.05. The fraction of sp³-hybridized carbons (Fsp3) is 0.250. The molecule has 0 saturated heterocycles. The minimum absolute atomic E-state index is 0.213. The highest BCUT2D eigenvalue weighted by molar-refractivity contribution is 6.31. The lowest BCUT2D eigenvalue weighted by Gasteiger charge is -2.18. The molecule has 2 aromatic rings. The molecule has 0 amide bonds. The molecule has 1 unspecified atom stereocenters. The second-order valence-electron chi connectivity index (χ2n) is 4.41. The van der Waals surface area contributed by atoms with Gasteiger partial charge in [0.25, 0.3) is 0 Å². The van der Waals surface area contributed by atoms with Crippen LogP contribution in [0.25, 0.3) is 0 Å². The molecule has 4 heteroatoms. The van der Waals surface area contributed by atoms with E-state index in [0.717, 1.165) is 16.9 Å². The number of benzene rings is 2. The molecule has 0 aliphatic carbocycles. The number of ether oxygens (including phenoxy) is 2. The van der Waals surface area contributed by atoms with Crippen LogP contribution >= 0.6 is 11.6 Å². The smallest absolute Gasteiger partial charge is 0.119 e. The van der Waals surface area contributed by atoms with Crippen LogP contribution in [0.5, 0.6) is 5.75 Å². The van der Waals surface area contributed by atoms with Gasteiger partial charge in [-0.2, -0.15) is 0 Å². The Bertz CT molecular complexity index is 560. The van der Waals surface area contributed by atoms with Crippen LogP contribution in [0.4, 0.5) is 0 Å². The molecular formula is C16H18ClNO2. The summed E-state index contributed by atoms with van der Waals surface area (Å²) in [5.74, 6) is 0.813. The summed E-state index contributed by atoms with van der Waals surface area (Å²) in [5, 5.41) is 0.675. The van der Waals surface area contributed by atoms with Crippen LogP contribution in [0.15, 0.2) is 48.5 Å². The Labute approximate surface area is 124 Å². The lowest BCUT2D eigenvalue weighted by atomic mass is 10.1. The Morgan fingerprint density at radius 2 is 1.95 bits per heavy atom. The Hall–Kier alpha value is -1.55. The van der Waals surface area contributed by atoms with Crippen LogP contribution in [-0.2, 0) is 11.3 Å². The molecule has 2 N–H and O–H groups in total. The zero-order valence-electron chi connectivity index (χ0n) is 11.4. The number of methoxy groups -OCH3 is 1. The molecule has 0 bridgehead atoms. The number of nitrogens with two attached hydrogens (primary N) is 1. The average molecular weight is 292 g/mol. The number of rotatable bonds is 6. The van der Waals surface area contributed by atoms with Crippen molar-refractivity contribution in [1.29, 1.82) is 0 Å². The van der Waals surface area contributed by atoms with E-state index in [1.807, 2.05) is 48.5 Å². The highest BCUT2D eigenvalue weighted by Gasteiger charge is 2.13. The SMILES string of the molecule is COc1cccc(COC(CN)c2ccccc2Cl)c1. The highest BCUT2D eigenvalue weighted by Crippen LogP contribution is 2.26. The predicted molar refractivity (Wildman–Crippen MR) is 81.0 cm³/mol. The van der Waals surface area contributed by atoms with Gasteiger partial charge in [0.2, 0.25) is 0 Å². The average Bonchev–Trinajstić information content (AvgIpc) is 2.49. The van der Waals surface area contributed by atoms with Gasteiger partial charge in [-0.05, 0) is 23.8 Å². The standard InChI is InChI=1S/C16H18ClNO2/c1-19-13-6-4-5-12(9-13)11-20-16(10-18)14-7-2-3-8-15(14)17/h2-9,16H,10-11,18H2,1H3. The van der Waals surface area contributed by atoms with Gasteiger partial charge in [-0.1, -0.05) is 41.9 Å². The summed E-state index contributed by atoms with van der Waals surface area (Å²) in [5.41, 5.74) is 7.74. The van der Waals surface area contributed by atoms with Crippen molar-refractivity contribution in [3.8, 4) is 5.75 Å². The van der Waals surface area contributed by atoms with E-state index < -0.39 is 0 Å². The van der Waals surface area contributed by atoms with Crippen molar-refractivity contribution in [2.24, 2.45) is 5.73 Å². The van der Waals surface area contributed by atoms with E-state index in [0.29, 0.717) is 18.2 Å². The molecule has 0 saturated carbocycles. The molecule has 0 fully saturated rings. The van der Waals surface area contributed by atoms with Gasteiger partial charge in [0.05, 0.1) is 19.8 Å². The van der Waals surface area contributed by atoms with Crippen molar-refractivity contribution in [2.45, 2.75) is 12.7 Å². The van der Waals surface area contributed by atoms with Gasteiger partial charge < -0.3 is 15.2 Å². The Balaban J connectivity index is 2.06. The van der Waals surface area contributed by atoms with Crippen LogP contribution in [0.1, 0.15) is 17.2 Å². The molecule has 3 nitrogen and oxygen atoms in total. The van der Waals surface area contributed by atoms with E-state index in [2.05, 4.69) is 0 Å². The molecule has 1 atom stereocenters. The van der Waals surface area contributed by atoms with Gasteiger partial charge >= 0.3 is 0 Å². The second-order valence-corrected chi connectivity index (χ2v) is 4.82. The number of hydrogen-bond donors (Lipinski definition) is 1. The first-order valence-corrected chi connectivity index (χ1v) is 6.81. The summed E-state index contributed by atoms with van der Waals surface area (Å²) in [6.45, 7) is 0.845. The van der Waals surface area contributed by atoms with E-state index in [9.17, 15) is 0 Å². The summed E-state index contributed by atoms with van der Waals surface area (Å²) in [6.07, 6.45) is -0.213. The Morgan fingerprint density at radius 1 is 1.15 bits per heavy atom. The largest absolute Gasteiger partial charge is 0.497 e. The number of halogens is 1. The molecule has 0 aliphatic rings. The summed E-state index contributed by atoms with van der Waals surface area (Å²) < 4.78 is 11.1. The maximum absolute atomic E-state index is 6.17. The Kier molecular flexibility index (Phi) is 5.41. The van der Waals surface area contributed by atoms with Gasteiger partial charge in [-0.25, -0.2) is 0 Å². The monoisotopic (exact) mass is 291 g/mol. The van der Waals surface area contributed by atoms with E-state index in [-0.39, 0.29) is 6.10 Å². The quantitative estimate of drug-likeness (QED) is 0.885. The minimum Gasteiger partial charge on any atom is -0.497 e. The van der Waals surface area contributed by atoms with E-state index in [1.54, 1.807) is 7.11 Å². The van der Waals surface area contributed by atoms with E-state index in [1.165, 1.54) is 0 Å².